The van der Waals surface area contributed by atoms with Gasteiger partial charge in [-0.2, -0.15) is 0 Å². The average molecular weight is 394 g/mol. The van der Waals surface area contributed by atoms with Gasteiger partial charge in [0.05, 0.1) is 13.2 Å². The van der Waals surface area contributed by atoms with Crippen molar-refractivity contribution in [3.8, 4) is 5.13 Å². The Bertz CT molecular complexity index is 982. The normalized spacial score (nSPS) is 14.7. The third-order valence-corrected chi connectivity index (χ3v) is 5.78. The average Bonchev–Trinajstić information content (AvgIpc) is 3.34. The summed E-state index contributed by atoms with van der Waals surface area (Å²) in [4.78, 5) is 19.3. The van der Waals surface area contributed by atoms with Crippen LogP contribution in [0.4, 0.5) is 5.69 Å². The van der Waals surface area contributed by atoms with E-state index in [2.05, 4.69) is 34.4 Å². The predicted octanol–water partition coefficient (Wildman–Crippen LogP) is 4.28. The zero-order valence-corrected chi connectivity index (χ0v) is 16.9. The SMILES string of the molecule is Cc1cc(/C=C/C(=O)c2ccc(N3CCOCC3)cc2)c(C)n1-c1nccs1. The number of allylic oxidation sites excluding steroid dienone is 1. The lowest BCUT2D eigenvalue weighted by Gasteiger charge is -2.28. The number of thiazole rings is 1. The number of ketones is 1. The van der Waals surface area contributed by atoms with E-state index in [0.29, 0.717) is 5.56 Å². The summed E-state index contributed by atoms with van der Waals surface area (Å²) in [5, 5.41) is 2.91. The predicted molar refractivity (Wildman–Crippen MR) is 114 cm³/mol. The highest BCUT2D eigenvalue weighted by Crippen LogP contribution is 2.23. The van der Waals surface area contributed by atoms with Crippen LogP contribution >= 0.6 is 11.3 Å². The Hall–Kier alpha value is -2.70. The van der Waals surface area contributed by atoms with Crippen molar-refractivity contribution in [1.29, 1.82) is 0 Å². The van der Waals surface area contributed by atoms with E-state index in [1.807, 2.05) is 35.7 Å². The van der Waals surface area contributed by atoms with Gasteiger partial charge in [0.25, 0.3) is 0 Å². The molecule has 0 N–H and O–H groups in total. The quantitative estimate of drug-likeness (QED) is 0.479. The Morgan fingerprint density at radius 2 is 1.93 bits per heavy atom. The standard InChI is InChI=1S/C22H23N3O2S/c1-16-15-19(17(2)25(16)22-23-9-14-28-22)5-8-21(26)18-3-6-20(7-4-18)24-10-12-27-13-11-24/h3-9,14-15H,10-13H2,1-2H3/b8-5+. The fraction of sp³-hybridized carbons (Fsp3) is 0.273. The van der Waals surface area contributed by atoms with Crippen molar-refractivity contribution in [2.24, 2.45) is 0 Å². The minimum absolute atomic E-state index is 0.00702. The molecule has 2 aromatic heterocycles. The minimum Gasteiger partial charge on any atom is -0.378 e. The van der Waals surface area contributed by atoms with Crippen LogP contribution in [0.3, 0.4) is 0 Å². The highest BCUT2D eigenvalue weighted by Gasteiger charge is 2.13. The van der Waals surface area contributed by atoms with Crippen molar-refractivity contribution in [1.82, 2.24) is 9.55 Å². The molecule has 4 rings (SSSR count). The number of rotatable bonds is 5. The van der Waals surface area contributed by atoms with Crippen LogP contribution in [-0.2, 0) is 4.74 Å². The maximum absolute atomic E-state index is 12.6. The molecule has 0 bridgehead atoms. The van der Waals surface area contributed by atoms with Crippen LogP contribution in [0.2, 0.25) is 0 Å². The molecule has 6 heteroatoms. The van der Waals surface area contributed by atoms with Crippen molar-refractivity contribution in [2.45, 2.75) is 13.8 Å². The summed E-state index contributed by atoms with van der Waals surface area (Å²) in [7, 11) is 0. The molecule has 1 fully saturated rings. The van der Waals surface area contributed by atoms with E-state index in [1.54, 1.807) is 23.6 Å². The molecular formula is C22H23N3O2S. The summed E-state index contributed by atoms with van der Waals surface area (Å²) in [6.45, 7) is 7.39. The summed E-state index contributed by atoms with van der Waals surface area (Å²) >= 11 is 1.60. The van der Waals surface area contributed by atoms with E-state index >= 15 is 0 Å². The van der Waals surface area contributed by atoms with E-state index in [9.17, 15) is 4.79 Å². The van der Waals surface area contributed by atoms with E-state index in [1.165, 1.54) is 0 Å². The van der Waals surface area contributed by atoms with Gasteiger partial charge in [-0.15, -0.1) is 11.3 Å². The van der Waals surface area contributed by atoms with Crippen LogP contribution in [-0.4, -0.2) is 41.6 Å². The number of morpholine rings is 1. The molecule has 1 aromatic carbocycles. The number of carbonyl (C=O) groups is 1. The lowest BCUT2D eigenvalue weighted by molar-refractivity contribution is 0.104. The number of aromatic nitrogens is 2. The second-order valence-electron chi connectivity index (χ2n) is 6.82. The Balaban J connectivity index is 1.49. The third kappa shape index (κ3) is 3.79. The summed E-state index contributed by atoms with van der Waals surface area (Å²) < 4.78 is 7.51. The highest BCUT2D eigenvalue weighted by atomic mass is 32.1. The summed E-state index contributed by atoms with van der Waals surface area (Å²) in [5.74, 6) is 0.00702. The minimum atomic E-state index is 0.00702. The number of hydrogen-bond donors (Lipinski definition) is 0. The summed E-state index contributed by atoms with van der Waals surface area (Å²) in [5.41, 5.74) is 5.05. The van der Waals surface area contributed by atoms with Crippen molar-refractivity contribution in [3.05, 3.63) is 70.5 Å². The molecular weight excluding hydrogens is 370 g/mol. The first-order valence-corrected chi connectivity index (χ1v) is 10.3. The van der Waals surface area contributed by atoms with Gasteiger partial charge in [0.15, 0.2) is 10.9 Å². The smallest absolute Gasteiger partial charge is 0.193 e. The summed E-state index contributed by atoms with van der Waals surface area (Å²) in [6.07, 6.45) is 5.35. The van der Waals surface area contributed by atoms with E-state index < -0.39 is 0 Å². The monoisotopic (exact) mass is 393 g/mol. The lowest BCUT2D eigenvalue weighted by atomic mass is 10.1. The maximum Gasteiger partial charge on any atom is 0.193 e. The van der Waals surface area contributed by atoms with Gasteiger partial charge < -0.3 is 9.64 Å². The number of ether oxygens (including phenoxy) is 1. The fourth-order valence-corrected chi connectivity index (χ4v) is 4.25. The molecule has 28 heavy (non-hydrogen) atoms. The van der Waals surface area contributed by atoms with Crippen LogP contribution in [0.25, 0.3) is 11.2 Å². The number of nitrogens with zero attached hydrogens (tertiary/aromatic N) is 3. The van der Waals surface area contributed by atoms with Crippen LogP contribution in [0.5, 0.6) is 0 Å². The van der Waals surface area contributed by atoms with Crippen LogP contribution in [0, 0.1) is 13.8 Å². The van der Waals surface area contributed by atoms with Gasteiger partial charge in [0.2, 0.25) is 0 Å². The zero-order valence-electron chi connectivity index (χ0n) is 16.1. The molecule has 144 valence electrons. The first kappa shape index (κ1) is 18.7. The van der Waals surface area contributed by atoms with Crippen molar-refractivity contribution >= 4 is 28.9 Å². The Labute approximate surface area is 168 Å². The van der Waals surface area contributed by atoms with E-state index in [0.717, 1.165) is 54.1 Å². The second-order valence-corrected chi connectivity index (χ2v) is 7.69. The molecule has 0 aliphatic carbocycles. The van der Waals surface area contributed by atoms with Crippen molar-refractivity contribution < 1.29 is 9.53 Å². The van der Waals surface area contributed by atoms with Gasteiger partial charge >= 0.3 is 0 Å². The van der Waals surface area contributed by atoms with Crippen molar-refractivity contribution in [2.75, 3.05) is 31.2 Å². The third-order valence-electron chi connectivity index (χ3n) is 5.02. The van der Waals surface area contributed by atoms with Gasteiger partial charge in [0, 0.05) is 47.3 Å². The lowest BCUT2D eigenvalue weighted by Crippen LogP contribution is -2.36. The van der Waals surface area contributed by atoms with Gasteiger partial charge in [0.1, 0.15) is 0 Å². The van der Waals surface area contributed by atoms with E-state index in [-0.39, 0.29) is 5.78 Å². The van der Waals surface area contributed by atoms with Crippen LogP contribution < -0.4 is 4.90 Å². The van der Waals surface area contributed by atoms with Gasteiger partial charge in [-0.1, -0.05) is 0 Å². The van der Waals surface area contributed by atoms with Crippen molar-refractivity contribution in [3.63, 3.8) is 0 Å². The molecule has 0 saturated carbocycles. The molecule has 1 saturated heterocycles. The first-order chi connectivity index (χ1) is 13.6. The van der Waals surface area contributed by atoms with Crippen LogP contribution in [0.15, 0.2) is 48.0 Å². The van der Waals surface area contributed by atoms with Gasteiger partial charge in [-0.3, -0.25) is 9.36 Å². The Morgan fingerprint density at radius 1 is 1.18 bits per heavy atom. The molecule has 0 amide bonds. The second kappa shape index (κ2) is 8.12. The van der Waals surface area contributed by atoms with E-state index in [4.69, 9.17) is 4.74 Å². The molecule has 0 atom stereocenters. The van der Waals surface area contributed by atoms with Gasteiger partial charge in [-0.05, 0) is 61.9 Å². The number of aryl methyl sites for hydroxylation is 1. The molecule has 0 radical (unpaired) electrons. The molecule has 0 unspecified atom stereocenters. The summed E-state index contributed by atoms with van der Waals surface area (Å²) in [6, 6.07) is 9.91. The molecule has 0 spiro atoms. The highest BCUT2D eigenvalue weighted by molar-refractivity contribution is 7.12. The zero-order chi connectivity index (χ0) is 19.5. The first-order valence-electron chi connectivity index (χ1n) is 9.37. The Morgan fingerprint density at radius 3 is 2.61 bits per heavy atom. The molecule has 3 aromatic rings. The fourth-order valence-electron chi connectivity index (χ4n) is 3.50. The number of benzene rings is 1. The molecule has 1 aliphatic rings. The topological polar surface area (TPSA) is 47.4 Å². The number of carbonyl (C=O) groups excluding carboxylic acids is 1. The van der Waals surface area contributed by atoms with Crippen LogP contribution in [0.1, 0.15) is 27.3 Å². The molecule has 1 aliphatic heterocycles. The maximum atomic E-state index is 12.6. The molecule has 5 nitrogen and oxygen atoms in total. The number of hydrogen-bond acceptors (Lipinski definition) is 5. The molecule has 3 heterocycles. The Kier molecular flexibility index (Phi) is 5.41. The van der Waals surface area contributed by atoms with Gasteiger partial charge in [-0.25, -0.2) is 4.98 Å². The number of anilines is 1. The largest absolute Gasteiger partial charge is 0.378 e.